The van der Waals surface area contributed by atoms with Crippen LogP contribution in [0.15, 0.2) is 24.3 Å². The van der Waals surface area contributed by atoms with Gasteiger partial charge in [-0.25, -0.2) is 9.78 Å². The number of likely N-dealkylation sites (tertiary alicyclic amines) is 1. The summed E-state index contributed by atoms with van der Waals surface area (Å²) in [6.07, 6.45) is 4.30. The first-order chi connectivity index (χ1) is 10.8. The summed E-state index contributed by atoms with van der Waals surface area (Å²) in [5.41, 5.74) is 2.18. The van der Waals surface area contributed by atoms with Crippen LogP contribution >= 0.6 is 0 Å². The number of rotatable bonds is 3. The Kier molecular flexibility index (Phi) is 3.28. The molecule has 2 aromatic rings. The molecule has 116 valence electrons. The number of carbonyl (C=O) groups is 1. The first-order valence-corrected chi connectivity index (χ1v) is 8.30. The monoisotopic (exact) mass is 298 g/mol. The van der Waals surface area contributed by atoms with Gasteiger partial charge in [-0.1, -0.05) is 12.1 Å². The first kappa shape index (κ1) is 13.6. The van der Waals surface area contributed by atoms with E-state index in [1.807, 2.05) is 17.0 Å². The van der Waals surface area contributed by atoms with Crippen molar-refractivity contribution in [3.63, 3.8) is 0 Å². The molecule has 22 heavy (non-hydrogen) atoms. The fourth-order valence-electron chi connectivity index (χ4n) is 3.44. The molecule has 1 saturated heterocycles. The Bertz CT molecular complexity index is 704. The van der Waals surface area contributed by atoms with Crippen LogP contribution in [0.25, 0.3) is 11.0 Å². The second-order valence-electron chi connectivity index (χ2n) is 6.28. The summed E-state index contributed by atoms with van der Waals surface area (Å²) in [5, 5.41) is 3.12. The SMILES string of the molecule is CCn1c(C2CCCN2C(=O)NC2CC2)nc2ccccc21. The summed E-state index contributed by atoms with van der Waals surface area (Å²) in [6.45, 7) is 3.85. The van der Waals surface area contributed by atoms with Crippen LogP contribution in [-0.4, -0.2) is 33.1 Å². The zero-order valence-electron chi connectivity index (χ0n) is 13.0. The van der Waals surface area contributed by atoms with Gasteiger partial charge in [0.15, 0.2) is 0 Å². The standard InChI is InChI=1S/C17H22N4O/c1-2-20-14-7-4-3-6-13(14)19-16(20)15-8-5-11-21(15)17(22)18-12-9-10-12/h3-4,6-7,12,15H,2,5,8-11H2,1H3,(H,18,22). The van der Waals surface area contributed by atoms with Gasteiger partial charge < -0.3 is 14.8 Å². The number of aryl methyl sites for hydroxylation is 1. The van der Waals surface area contributed by atoms with Crippen molar-refractivity contribution in [2.45, 2.75) is 51.2 Å². The molecule has 1 aromatic heterocycles. The Morgan fingerprint density at radius 3 is 2.91 bits per heavy atom. The van der Waals surface area contributed by atoms with E-state index in [1.54, 1.807) is 0 Å². The summed E-state index contributed by atoms with van der Waals surface area (Å²) in [7, 11) is 0. The average Bonchev–Trinajstić information content (AvgIpc) is 3.09. The summed E-state index contributed by atoms with van der Waals surface area (Å²) in [6, 6.07) is 8.81. The summed E-state index contributed by atoms with van der Waals surface area (Å²) in [5.74, 6) is 1.03. The van der Waals surface area contributed by atoms with E-state index in [4.69, 9.17) is 4.98 Å². The van der Waals surface area contributed by atoms with E-state index in [-0.39, 0.29) is 12.1 Å². The Morgan fingerprint density at radius 1 is 1.32 bits per heavy atom. The highest BCUT2D eigenvalue weighted by molar-refractivity contribution is 5.78. The van der Waals surface area contributed by atoms with Gasteiger partial charge in [-0.3, -0.25) is 0 Å². The topological polar surface area (TPSA) is 50.2 Å². The number of hydrogen-bond acceptors (Lipinski definition) is 2. The first-order valence-electron chi connectivity index (χ1n) is 8.30. The lowest BCUT2D eigenvalue weighted by Gasteiger charge is -2.25. The van der Waals surface area contributed by atoms with E-state index < -0.39 is 0 Å². The molecule has 5 heteroatoms. The number of imidazole rings is 1. The maximum absolute atomic E-state index is 12.5. The van der Waals surface area contributed by atoms with Gasteiger partial charge in [-0.15, -0.1) is 0 Å². The molecule has 1 saturated carbocycles. The minimum absolute atomic E-state index is 0.0831. The number of nitrogens with zero attached hydrogens (tertiary/aromatic N) is 3. The van der Waals surface area contributed by atoms with Gasteiger partial charge >= 0.3 is 6.03 Å². The predicted octanol–water partition coefficient (Wildman–Crippen LogP) is 3.07. The number of hydrogen-bond donors (Lipinski definition) is 1. The number of urea groups is 1. The predicted molar refractivity (Wildman–Crippen MR) is 85.6 cm³/mol. The fourth-order valence-corrected chi connectivity index (χ4v) is 3.44. The minimum Gasteiger partial charge on any atom is -0.335 e. The Morgan fingerprint density at radius 2 is 2.14 bits per heavy atom. The lowest BCUT2D eigenvalue weighted by atomic mass is 10.2. The van der Waals surface area contributed by atoms with Crippen molar-refractivity contribution in [1.82, 2.24) is 19.8 Å². The van der Waals surface area contributed by atoms with Gasteiger partial charge in [-0.05, 0) is 44.7 Å². The molecule has 1 aromatic carbocycles. The van der Waals surface area contributed by atoms with Crippen molar-refractivity contribution in [3.05, 3.63) is 30.1 Å². The molecular formula is C17H22N4O. The van der Waals surface area contributed by atoms with Crippen LogP contribution in [0.3, 0.4) is 0 Å². The molecule has 1 atom stereocenters. The maximum atomic E-state index is 12.5. The van der Waals surface area contributed by atoms with Crippen molar-refractivity contribution in [2.75, 3.05) is 6.54 Å². The molecule has 4 rings (SSSR count). The Balaban J connectivity index is 1.68. The summed E-state index contributed by atoms with van der Waals surface area (Å²) >= 11 is 0. The van der Waals surface area contributed by atoms with Gasteiger partial charge in [0.25, 0.3) is 0 Å². The molecule has 2 amide bonds. The van der Waals surface area contributed by atoms with E-state index in [1.165, 1.54) is 0 Å². The van der Waals surface area contributed by atoms with Crippen molar-refractivity contribution in [3.8, 4) is 0 Å². The third-order valence-corrected chi connectivity index (χ3v) is 4.72. The molecule has 1 aliphatic carbocycles. The third kappa shape index (κ3) is 2.25. The number of fused-ring (bicyclic) bond motifs is 1. The molecular weight excluding hydrogens is 276 g/mol. The number of carbonyl (C=O) groups excluding carboxylic acids is 1. The van der Waals surface area contributed by atoms with Gasteiger partial charge in [-0.2, -0.15) is 0 Å². The molecule has 2 fully saturated rings. The van der Waals surface area contributed by atoms with Crippen LogP contribution in [-0.2, 0) is 6.54 Å². The van der Waals surface area contributed by atoms with Gasteiger partial charge in [0.05, 0.1) is 17.1 Å². The molecule has 1 aliphatic heterocycles. The Labute approximate surface area is 130 Å². The number of amides is 2. The van der Waals surface area contributed by atoms with Gasteiger partial charge in [0.1, 0.15) is 5.82 Å². The molecule has 2 heterocycles. The van der Waals surface area contributed by atoms with Crippen molar-refractivity contribution in [2.24, 2.45) is 0 Å². The minimum atomic E-state index is 0.0831. The number of benzene rings is 1. The molecule has 1 unspecified atom stereocenters. The molecule has 0 bridgehead atoms. The van der Waals surface area contributed by atoms with Crippen LogP contribution < -0.4 is 5.32 Å². The molecule has 0 radical (unpaired) electrons. The lowest BCUT2D eigenvalue weighted by molar-refractivity contribution is 0.189. The van der Waals surface area contributed by atoms with Crippen LogP contribution in [0.5, 0.6) is 0 Å². The zero-order chi connectivity index (χ0) is 15.1. The van der Waals surface area contributed by atoms with Crippen molar-refractivity contribution in [1.29, 1.82) is 0 Å². The molecule has 2 aliphatic rings. The molecule has 1 N–H and O–H groups in total. The van der Waals surface area contributed by atoms with Crippen LogP contribution in [0.2, 0.25) is 0 Å². The molecule has 0 spiro atoms. The summed E-state index contributed by atoms with van der Waals surface area (Å²) in [4.78, 5) is 19.3. The van der Waals surface area contributed by atoms with Gasteiger partial charge in [0, 0.05) is 19.1 Å². The second kappa shape index (κ2) is 5.30. The third-order valence-electron chi connectivity index (χ3n) is 4.72. The van der Waals surface area contributed by atoms with E-state index >= 15 is 0 Å². The van der Waals surface area contributed by atoms with Crippen LogP contribution in [0.4, 0.5) is 4.79 Å². The highest BCUT2D eigenvalue weighted by atomic mass is 16.2. The van der Waals surface area contributed by atoms with Gasteiger partial charge in [0.2, 0.25) is 0 Å². The maximum Gasteiger partial charge on any atom is 0.318 e. The smallest absolute Gasteiger partial charge is 0.318 e. The van der Waals surface area contributed by atoms with E-state index in [9.17, 15) is 4.79 Å². The van der Waals surface area contributed by atoms with Crippen LogP contribution in [0, 0.1) is 0 Å². The fraction of sp³-hybridized carbons (Fsp3) is 0.529. The average molecular weight is 298 g/mol. The quantitative estimate of drug-likeness (QED) is 0.946. The second-order valence-corrected chi connectivity index (χ2v) is 6.28. The number of para-hydroxylation sites is 2. The lowest BCUT2D eigenvalue weighted by Crippen LogP contribution is -2.41. The van der Waals surface area contributed by atoms with E-state index in [2.05, 4.69) is 28.9 Å². The zero-order valence-corrected chi connectivity index (χ0v) is 13.0. The summed E-state index contributed by atoms with van der Waals surface area (Å²) < 4.78 is 2.25. The number of aromatic nitrogens is 2. The molecule has 5 nitrogen and oxygen atoms in total. The highest BCUT2D eigenvalue weighted by Gasteiger charge is 2.35. The largest absolute Gasteiger partial charge is 0.335 e. The number of nitrogens with one attached hydrogen (secondary N) is 1. The van der Waals surface area contributed by atoms with E-state index in [0.717, 1.165) is 55.6 Å². The normalized spacial score (nSPS) is 21.5. The van der Waals surface area contributed by atoms with Crippen LogP contribution in [0.1, 0.15) is 44.5 Å². The Hall–Kier alpha value is -2.04. The highest BCUT2D eigenvalue weighted by Crippen LogP contribution is 2.34. The van der Waals surface area contributed by atoms with E-state index in [0.29, 0.717) is 6.04 Å². The van der Waals surface area contributed by atoms with Crippen molar-refractivity contribution < 1.29 is 4.79 Å². The van der Waals surface area contributed by atoms with Crippen molar-refractivity contribution >= 4 is 17.1 Å².